The minimum absolute atomic E-state index is 0.0933. The smallest absolute Gasteiger partial charge is 0.418 e. The number of aromatic amines is 1. The molecule has 0 saturated carbocycles. The van der Waals surface area contributed by atoms with E-state index in [2.05, 4.69) is 9.97 Å². The van der Waals surface area contributed by atoms with Crippen molar-refractivity contribution in [2.45, 2.75) is 13.1 Å². The van der Waals surface area contributed by atoms with Crippen LogP contribution < -0.4 is 5.56 Å². The molecule has 106 valence electrons. The number of rotatable bonds is 2. The van der Waals surface area contributed by atoms with Crippen molar-refractivity contribution in [3.8, 4) is 5.82 Å². The third kappa shape index (κ3) is 2.56. The number of carboxylic acid groups (broad SMARTS) is 1. The highest BCUT2D eigenvalue weighted by atomic mass is 19.4. The molecule has 0 atom stereocenters. The molecule has 0 aliphatic rings. The number of aryl methyl sites for hydroxylation is 1. The maximum atomic E-state index is 12.7. The zero-order chi connectivity index (χ0) is 15.1. The van der Waals surface area contributed by atoms with Gasteiger partial charge >= 0.3 is 12.1 Å². The molecule has 2 heterocycles. The molecule has 0 unspecified atom stereocenters. The fourth-order valence-corrected chi connectivity index (χ4v) is 1.68. The van der Waals surface area contributed by atoms with Crippen molar-refractivity contribution >= 4 is 5.97 Å². The number of carboxylic acids is 1. The molecule has 2 aromatic heterocycles. The van der Waals surface area contributed by atoms with E-state index in [1.807, 2.05) is 0 Å². The van der Waals surface area contributed by atoms with Crippen molar-refractivity contribution in [1.29, 1.82) is 0 Å². The van der Waals surface area contributed by atoms with Crippen LogP contribution in [0.5, 0.6) is 0 Å². The van der Waals surface area contributed by atoms with Gasteiger partial charge in [-0.2, -0.15) is 13.2 Å². The minimum atomic E-state index is -4.81. The van der Waals surface area contributed by atoms with Crippen LogP contribution in [0.1, 0.15) is 21.7 Å². The summed E-state index contributed by atoms with van der Waals surface area (Å²) in [5.41, 5.74) is -2.76. The molecule has 0 aromatic carbocycles. The zero-order valence-corrected chi connectivity index (χ0v) is 10.0. The minimum Gasteiger partial charge on any atom is -0.478 e. The lowest BCUT2D eigenvalue weighted by Crippen LogP contribution is -2.11. The summed E-state index contributed by atoms with van der Waals surface area (Å²) in [6, 6.07) is 0.971. The maximum Gasteiger partial charge on any atom is 0.418 e. The first-order valence-electron chi connectivity index (χ1n) is 5.29. The number of aromatic nitrogens is 3. The Bertz CT molecular complexity index is 730. The molecule has 0 radical (unpaired) electrons. The normalized spacial score (nSPS) is 11.6. The topological polar surface area (TPSA) is 88.0 Å². The van der Waals surface area contributed by atoms with Crippen LogP contribution in [0, 0.1) is 6.92 Å². The monoisotopic (exact) mass is 287 g/mol. The Kier molecular flexibility index (Phi) is 3.12. The van der Waals surface area contributed by atoms with Gasteiger partial charge in [0.15, 0.2) is 0 Å². The van der Waals surface area contributed by atoms with Gasteiger partial charge in [0.25, 0.3) is 5.56 Å². The number of nitrogens with zero attached hydrogens (tertiary/aromatic N) is 2. The maximum absolute atomic E-state index is 12.7. The predicted molar refractivity (Wildman–Crippen MR) is 60.9 cm³/mol. The van der Waals surface area contributed by atoms with Gasteiger partial charge < -0.3 is 14.7 Å². The van der Waals surface area contributed by atoms with Crippen molar-refractivity contribution in [2.24, 2.45) is 0 Å². The fraction of sp³-hybridized carbons (Fsp3) is 0.182. The van der Waals surface area contributed by atoms with Gasteiger partial charge in [-0.1, -0.05) is 0 Å². The summed E-state index contributed by atoms with van der Waals surface area (Å²) in [7, 11) is 0. The van der Waals surface area contributed by atoms with E-state index in [1.54, 1.807) is 0 Å². The second-order valence-electron chi connectivity index (χ2n) is 3.98. The van der Waals surface area contributed by atoms with Gasteiger partial charge in [0.1, 0.15) is 11.6 Å². The van der Waals surface area contributed by atoms with Gasteiger partial charge in [0.05, 0.1) is 11.1 Å². The molecule has 0 amide bonds. The van der Waals surface area contributed by atoms with Gasteiger partial charge in [-0.3, -0.25) is 4.79 Å². The molecule has 2 rings (SSSR count). The molecule has 0 aliphatic heterocycles. The quantitative estimate of drug-likeness (QED) is 0.877. The van der Waals surface area contributed by atoms with Crippen molar-refractivity contribution in [2.75, 3.05) is 0 Å². The Labute approximate surface area is 109 Å². The van der Waals surface area contributed by atoms with E-state index >= 15 is 0 Å². The van der Waals surface area contributed by atoms with Gasteiger partial charge in [0.2, 0.25) is 0 Å². The lowest BCUT2D eigenvalue weighted by Gasteiger charge is -2.04. The predicted octanol–water partition coefficient (Wildman–Crippen LogP) is 1.59. The van der Waals surface area contributed by atoms with E-state index in [4.69, 9.17) is 5.11 Å². The molecule has 0 fully saturated rings. The Morgan fingerprint density at radius 3 is 2.50 bits per heavy atom. The molecular weight excluding hydrogens is 279 g/mol. The highest BCUT2D eigenvalue weighted by molar-refractivity contribution is 5.89. The number of H-pyrrole nitrogens is 1. The first kappa shape index (κ1) is 13.8. The lowest BCUT2D eigenvalue weighted by atomic mass is 10.2. The van der Waals surface area contributed by atoms with Crippen molar-refractivity contribution in [3.05, 3.63) is 45.8 Å². The molecule has 0 saturated heterocycles. The molecule has 20 heavy (non-hydrogen) atoms. The van der Waals surface area contributed by atoms with E-state index in [0.717, 1.165) is 16.8 Å². The van der Waals surface area contributed by atoms with E-state index in [0.29, 0.717) is 6.20 Å². The van der Waals surface area contributed by atoms with E-state index in [9.17, 15) is 22.8 Å². The molecule has 0 aliphatic carbocycles. The van der Waals surface area contributed by atoms with Crippen LogP contribution in [0.2, 0.25) is 0 Å². The molecule has 2 N–H and O–H groups in total. The first-order chi connectivity index (χ1) is 9.18. The van der Waals surface area contributed by atoms with Crippen molar-refractivity contribution in [1.82, 2.24) is 14.5 Å². The van der Waals surface area contributed by atoms with E-state index in [1.165, 1.54) is 6.92 Å². The highest BCUT2D eigenvalue weighted by Crippen LogP contribution is 2.33. The molecular formula is C11H8F3N3O3. The Morgan fingerprint density at radius 2 is 2.05 bits per heavy atom. The number of nitrogens with one attached hydrogen (secondary N) is 1. The number of carbonyl (C=O) groups is 1. The van der Waals surface area contributed by atoms with Crippen molar-refractivity contribution < 1.29 is 23.1 Å². The average Bonchev–Trinajstić information content (AvgIpc) is 2.71. The molecule has 0 spiro atoms. The highest BCUT2D eigenvalue weighted by Gasteiger charge is 2.37. The fourth-order valence-electron chi connectivity index (χ4n) is 1.68. The number of hydrogen-bond donors (Lipinski definition) is 2. The molecule has 6 nitrogen and oxygen atoms in total. The van der Waals surface area contributed by atoms with Crippen LogP contribution >= 0.6 is 0 Å². The van der Waals surface area contributed by atoms with Crippen LogP contribution in [0.25, 0.3) is 5.82 Å². The number of halogens is 3. The summed E-state index contributed by atoms with van der Waals surface area (Å²) >= 11 is 0. The van der Waals surface area contributed by atoms with Gasteiger partial charge in [-0.05, 0) is 6.92 Å². The van der Waals surface area contributed by atoms with Crippen LogP contribution in [-0.4, -0.2) is 25.6 Å². The Balaban J connectivity index is 2.65. The molecule has 0 bridgehead atoms. The van der Waals surface area contributed by atoms with Gasteiger partial charge in [0, 0.05) is 18.5 Å². The summed E-state index contributed by atoms with van der Waals surface area (Å²) in [4.78, 5) is 28.3. The number of alkyl halides is 3. The number of hydrogen-bond acceptors (Lipinski definition) is 3. The summed E-state index contributed by atoms with van der Waals surface area (Å²) in [5.74, 6) is -1.60. The van der Waals surface area contributed by atoms with Crippen LogP contribution in [-0.2, 0) is 6.18 Å². The first-order valence-corrected chi connectivity index (χ1v) is 5.29. The molecule has 2 aromatic rings. The Morgan fingerprint density at radius 1 is 1.40 bits per heavy atom. The van der Waals surface area contributed by atoms with E-state index in [-0.39, 0.29) is 11.6 Å². The summed E-state index contributed by atoms with van der Waals surface area (Å²) in [6.45, 7) is 1.46. The average molecular weight is 287 g/mol. The third-order valence-electron chi connectivity index (χ3n) is 2.47. The van der Waals surface area contributed by atoms with Gasteiger partial charge in [-0.25, -0.2) is 9.78 Å². The van der Waals surface area contributed by atoms with Crippen LogP contribution in [0.4, 0.5) is 13.2 Å². The van der Waals surface area contributed by atoms with Crippen LogP contribution in [0.15, 0.2) is 23.3 Å². The second kappa shape index (κ2) is 4.51. The molecule has 9 heteroatoms. The van der Waals surface area contributed by atoms with Crippen LogP contribution in [0.3, 0.4) is 0 Å². The van der Waals surface area contributed by atoms with E-state index < -0.39 is 28.8 Å². The van der Waals surface area contributed by atoms with Gasteiger partial charge in [-0.15, -0.1) is 0 Å². The summed E-state index contributed by atoms with van der Waals surface area (Å²) in [5, 5.41) is 8.80. The SMILES string of the molecule is Cc1nc(-n2cc(C(=O)O)c(C(F)(F)F)c2)cc(=O)[nH]1. The lowest BCUT2D eigenvalue weighted by molar-refractivity contribution is -0.138. The number of aromatic carboxylic acids is 1. The standard InChI is InChI=1S/C11H8F3N3O3/c1-5-15-8(2-9(18)16-5)17-3-6(10(19)20)7(4-17)11(12,13)14/h2-4H,1H3,(H,19,20)(H,15,16,18). The zero-order valence-electron chi connectivity index (χ0n) is 10.0. The van der Waals surface area contributed by atoms with Crippen molar-refractivity contribution in [3.63, 3.8) is 0 Å². The summed E-state index contributed by atoms with van der Waals surface area (Å²) in [6.07, 6.45) is -3.45. The summed E-state index contributed by atoms with van der Waals surface area (Å²) < 4.78 is 39.0. The largest absolute Gasteiger partial charge is 0.478 e. The second-order valence-corrected chi connectivity index (χ2v) is 3.98. The third-order valence-corrected chi connectivity index (χ3v) is 2.47. The Hall–Kier alpha value is -2.58.